The summed E-state index contributed by atoms with van der Waals surface area (Å²) in [6, 6.07) is -0.243. The molecule has 5 nitrogen and oxygen atoms in total. The van der Waals surface area contributed by atoms with Crippen LogP contribution in [0.25, 0.3) is 0 Å². The van der Waals surface area contributed by atoms with Gasteiger partial charge in [0.25, 0.3) is 0 Å². The number of halogens is 1. The summed E-state index contributed by atoms with van der Waals surface area (Å²) < 4.78 is 0. The topological polar surface area (TPSA) is 61.4 Å². The van der Waals surface area contributed by atoms with E-state index in [1.807, 2.05) is 4.90 Å². The van der Waals surface area contributed by atoms with Crippen LogP contribution >= 0.6 is 12.4 Å². The van der Waals surface area contributed by atoms with Crippen molar-refractivity contribution >= 4 is 24.2 Å². The molecule has 2 saturated heterocycles. The maximum absolute atomic E-state index is 12.4. The fourth-order valence-corrected chi connectivity index (χ4v) is 3.12. The van der Waals surface area contributed by atoms with E-state index < -0.39 is 0 Å². The van der Waals surface area contributed by atoms with Gasteiger partial charge in [0.05, 0.1) is 0 Å². The maximum atomic E-state index is 12.4. The third-order valence-corrected chi connectivity index (χ3v) is 4.29. The number of nitrogens with one attached hydrogen (secondary N) is 2. The van der Waals surface area contributed by atoms with Crippen molar-refractivity contribution in [2.75, 3.05) is 26.7 Å². The molecule has 0 saturated carbocycles. The van der Waals surface area contributed by atoms with Crippen LogP contribution in [0, 0.1) is 5.92 Å². The molecule has 1 atom stereocenters. The molecule has 2 fully saturated rings. The van der Waals surface area contributed by atoms with E-state index in [-0.39, 0.29) is 30.3 Å². The van der Waals surface area contributed by atoms with Crippen molar-refractivity contribution in [3.63, 3.8) is 0 Å². The number of rotatable bonds is 3. The summed E-state index contributed by atoms with van der Waals surface area (Å²) in [5.41, 5.74) is 0. The van der Waals surface area contributed by atoms with Gasteiger partial charge < -0.3 is 15.5 Å². The summed E-state index contributed by atoms with van der Waals surface area (Å²) in [6.07, 6.45) is 5.61. The van der Waals surface area contributed by atoms with E-state index in [4.69, 9.17) is 0 Å². The van der Waals surface area contributed by atoms with Crippen molar-refractivity contribution < 1.29 is 9.59 Å². The molecule has 0 bridgehead atoms. The van der Waals surface area contributed by atoms with Crippen LogP contribution in [0.2, 0.25) is 0 Å². The minimum absolute atomic E-state index is 0. The molecule has 6 heteroatoms. The average Bonchev–Trinajstić information content (AvgIpc) is 2.47. The second-order valence-corrected chi connectivity index (χ2v) is 5.61. The van der Waals surface area contributed by atoms with Crippen LogP contribution in [0.3, 0.4) is 0 Å². The zero-order valence-electron chi connectivity index (χ0n) is 12.2. The predicted octanol–water partition coefficient (Wildman–Crippen LogP) is 0.925. The number of carbonyl (C=O) groups is 2. The van der Waals surface area contributed by atoms with Gasteiger partial charge in [0, 0.05) is 20.0 Å². The van der Waals surface area contributed by atoms with Crippen LogP contribution in [0.1, 0.15) is 38.5 Å². The van der Waals surface area contributed by atoms with E-state index >= 15 is 0 Å². The summed E-state index contributed by atoms with van der Waals surface area (Å²) >= 11 is 0. The fraction of sp³-hybridized carbons (Fsp3) is 0.857. The number of hydrogen-bond donors (Lipinski definition) is 2. The Bertz CT molecular complexity index is 332. The first-order chi connectivity index (χ1) is 9.22. The molecule has 2 amide bonds. The molecule has 0 aromatic rings. The van der Waals surface area contributed by atoms with Gasteiger partial charge in [-0.05, 0) is 51.1 Å². The Morgan fingerprint density at radius 3 is 2.55 bits per heavy atom. The van der Waals surface area contributed by atoms with E-state index in [2.05, 4.69) is 10.6 Å². The Kier molecular flexibility index (Phi) is 7.30. The van der Waals surface area contributed by atoms with Gasteiger partial charge in [-0.25, -0.2) is 0 Å². The lowest BCUT2D eigenvalue weighted by Crippen LogP contribution is -2.51. The minimum Gasteiger partial charge on any atom is -0.357 e. The quantitative estimate of drug-likeness (QED) is 0.815. The highest BCUT2D eigenvalue weighted by molar-refractivity contribution is 5.87. The molecule has 0 aromatic carbocycles. The Morgan fingerprint density at radius 2 is 1.90 bits per heavy atom. The van der Waals surface area contributed by atoms with Crippen molar-refractivity contribution in [2.45, 2.75) is 44.6 Å². The lowest BCUT2D eigenvalue weighted by molar-refractivity contribution is -0.143. The molecule has 0 spiro atoms. The molecule has 2 aliphatic heterocycles. The van der Waals surface area contributed by atoms with E-state index in [9.17, 15) is 9.59 Å². The Labute approximate surface area is 127 Å². The molecule has 2 heterocycles. The van der Waals surface area contributed by atoms with E-state index in [1.54, 1.807) is 7.05 Å². The number of likely N-dealkylation sites (tertiary alicyclic amines) is 1. The first kappa shape index (κ1) is 17.2. The SMILES string of the molecule is CNC(=O)C1CCCCN1C(=O)CC1CCNCC1.Cl. The average molecular weight is 304 g/mol. The second-order valence-electron chi connectivity index (χ2n) is 5.61. The summed E-state index contributed by atoms with van der Waals surface area (Å²) in [7, 11) is 1.65. The second kappa shape index (κ2) is 8.47. The van der Waals surface area contributed by atoms with Crippen LogP contribution in [0.4, 0.5) is 0 Å². The lowest BCUT2D eigenvalue weighted by atomic mass is 9.92. The Balaban J connectivity index is 0.00000200. The fourth-order valence-electron chi connectivity index (χ4n) is 3.12. The first-order valence-corrected chi connectivity index (χ1v) is 7.44. The molecule has 116 valence electrons. The molecule has 0 aliphatic carbocycles. The third-order valence-electron chi connectivity index (χ3n) is 4.29. The van der Waals surface area contributed by atoms with Crippen molar-refractivity contribution in [1.29, 1.82) is 0 Å². The first-order valence-electron chi connectivity index (χ1n) is 7.44. The van der Waals surface area contributed by atoms with Gasteiger partial charge in [-0.15, -0.1) is 12.4 Å². The number of piperidine rings is 2. The number of carbonyl (C=O) groups excluding carboxylic acids is 2. The summed E-state index contributed by atoms with van der Waals surface area (Å²) in [6.45, 7) is 2.76. The Hall–Kier alpha value is -0.810. The number of likely N-dealkylation sites (N-methyl/N-ethyl adjacent to an activating group) is 1. The highest BCUT2D eigenvalue weighted by Gasteiger charge is 2.32. The molecule has 2 N–H and O–H groups in total. The standard InChI is InChI=1S/C14H25N3O2.ClH/c1-15-14(19)12-4-2-3-9-17(12)13(18)10-11-5-7-16-8-6-11;/h11-12,16H,2-10H2,1H3,(H,15,19);1H. The van der Waals surface area contributed by atoms with Crippen LogP contribution in [0.15, 0.2) is 0 Å². The molecular weight excluding hydrogens is 278 g/mol. The van der Waals surface area contributed by atoms with Crippen molar-refractivity contribution in [3.05, 3.63) is 0 Å². The Morgan fingerprint density at radius 1 is 1.20 bits per heavy atom. The van der Waals surface area contributed by atoms with Gasteiger partial charge >= 0.3 is 0 Å². The van der Waals surface area contributed by atoms with E-state index in [1.165, 1.54) is 0 Å². The highest BCUT2D eigenvalue weighted by Crippen LogP contribution is 2.22. The predicted molar refractivity (Wildman–Crippen MR) is 80.9 cm³/mol. The van der Waals surface area contributed by atoms with Gasteiger partial charge in [0.2, 0.25) is 11.8 Å². The summed E-state index contributed by atoms with van der Waals surface area (Å²) in [5.74, 6) is 0.638. The van der Waals surface area contributed by atoms with Gasteiger partial charge in [0.15, 0.2) is 0 Å². The molecule has 0 radical (unpaired) electrons. The van der Waals surface area contributed by atoms with Crippen LogP contribution in [-0.2, 0) is 9.59 Å². The molecule has 20 heavy (non-hydrogen) atoms. The summed E-state index contributed by atoms with van der Waals surface area (Å²) in [4.78, 5) is 26.1. The van der Waals surface area contributed by atoms with Crippen LogP contribution < -0.4 is 10.6 Å². The number of amides is 2. The van der Waals surface area contributed by atoms with Crippen molar-refractivity contribution in [2.24, 2.45) is 5.92 Å². The molecule has 2 aliphatic rings. The zero-order chi connectivity index (χ0) is 13.7. The molecular formula is C14H26ClN3O2. The molecule has 2 rings (SSSR count). The number of nitrogens with zero attached hydrogens (tertiary/aromatic N) is 1. The maximum Gasteiger partial charge on any atom is 0.242 e. The molecule has 1 unspecified atom stereocenters. The zero-order valence-corrected chi connectivity index (χ0v) is 13.0. The summed E-state index contributed by atoms with van der Waals surface area (Å²) in [5, 5.41) is 5.99. The smallest absolute Gasteiger partial charge is 0.242 e. The van der Waals surface area contributed by atoms with Gasteiger partial charge in [0.1, 0.15) is 6.04 Å². The van der Waals surface area contributed by atoms with Crippen LogP contribution in [-0.4, -0.2) is 49.4 Å². The van der Waals surface area contributed by atoms with Gasteiger partial charge in [-0.3, -0.25) is 9.59 Å². The van der Waals surface area contributed by atoms with Gasteiger partial charge in [-0.2, -0.15) is 0 Å². The minimum atomic E-state index is -0.243. The van der Waals surface area contributed by atoms with Gasteiger partial charge in [-0.1, -0.05) is 0 Å². The third kappa shape index (κ3) is 4.35. The van der Waals surface area contributed by atoms with E-state index in [0.717, 1.165) is 51.7 Å². The highest BCUT2D eigenvalue weighted by atomic mass is 35.5. The van der Waals surface area contributed by atoms with Crippen molar-refractivity contribution in [1.82, 2.24) is 15.5 Å². The lowest BCUT2D eigenvalue weighted by Gasteiger charge is -2.35. The van der Waals surface area contributed by atoms with Crippen molar-refractivity contribution in [3.8, 4) is 0 Å². The number of hydrogen-bond acceptors (Lipinski definition) is 3. The normalized spacial score (nSPS) is 23.9. The monoisotopic (exact) mass is 303 g/mol. The molecule has 0 aromatic heterocycles. The van der Waals surface area contributed by atoms with Crippen LogP contribution in [0.5, 0.6) is 0 Å². The largest absolute Gasteiger partial charge is 0.357 e. The van der Waals surface area contributed by atoms with E-state index in [0.29, 0.717) is 12.3 Å².